The first kappa shape index (κ1) is 12.7. The maximum absolute atomic E-state index is 5.88. The van der Waals surface area contributed by atoms with Gasteiger partial charge in [0.2, 0.25) is 0 Å². The summed E-state index contributed by atoms with van der Waals surface area (Å²) in [4.78, 5) is 0. The third-order valence-electron chi connectivity index (χ3n) is 3.12. The fraction of sp³-hybridized carbons (Fsp3) is 0.400. The van der Waals surface area contributed by atoms with Gasteiger partial charge in [-0.25, -0.2) is 0 Å². The first-order chi connectivity index (χ1) is 8.29. The van der Waals surface area contributed by atoms with Crippen molar-refractivity contribution in [2.75, 3.05) is 5.73 Å². The van der Waals surface area contributed by atoms with Gasteiger partial charge >= 0.3 is 0 Å². The SMILES string of the molecule is Cc1cc(-c2cn(C)nc2C(C)(C)C)ccc1N. The van der Waals surface area contributed by atoms with Crippen molar-refractivity contribution in [3.05, 3.63) is 35.7 Å². The maximum Gasteiger partial charge on any atom is 0.0756 e. The van der Waals surface area contributed by atoms with Crippen LogP contribution < -0.4 is 5.73 Å². The maximum atomic E-state index is 5.88. The van der Waals surface area contributed by atoms with Crippen molar-refractivity contribution in [2.45, 2.75) is 33.1 Å². The molecule has 0 spiro atoms. The Morgan fingerprint density at radius 3 is 2.44 bits per heavy atom. The van der Waals surface area contributed by atoms with Crippen LogP contribution in [0.25, 0.3) is 11.1 Å². The highest BCUT2D eigenvalue weighted by atomic mass is 15.3. The van der Waals surface area contributed by atoms with Gasteiger partial charge in [0.25, 0.3) is 0 Å². The summed E-state index contributed by atoms with van der Waals surface area (Å²) in [6.07, 6.45) is 2.07. The van der Waals surface area contributed by atoms with Gasteiger partial charge in [-0.2, -0.15) is 5.10 Å². The van der Waals surface area contributed by atoms with Gasteiger partial charge in [0, 0.05) is 29.9 Å². The number of hydrogen-bond acceptors (Lipinski definition) is 2. The van der Waals surface area contributed by atoms with Crippen LogP contribution in [-0.2, 0) is 12.5 Å². The summed E-state index contributed by atoms with van der Waals surface area (Å²) in [5.41, 5.74) is 11.3. The molecule has 0 unspecified atom stereocenters. The first-order valence-electron chi connectivity index (χ1n) is 6.19. The summed E-state index contributed by atoms with van der Waals surface area (Å²) in [7, 11) is 1.96. The fourth-order valence-electron chi connectivity index (χ4n) is 2.10. The van der Waals surface area contributed by atoms with Gasteiger partial charge in [0.05, 0.1) is 5.69 Å². The Labute approximate surface area is 109 Å². The minimum Gasteiger partial charge on any atom is -0.399 e. The zero-order chi connectivity index (χ0) is 13.5. The highest BCUT2D eigenvalue weighted by Crippen LogP contribution is 2.32. The summed E-state index contributed by atoms with van der Waals surface area (Å²) >= 11 is 0. The van der Waals surface area contributed by atoms with E-state index in [2.05, 4.69) is 44.2 Å². The molecule has 96 valence electrons. The number of aromatic nitrogens is 2. The van der Waals surface area contributed by atoms with Gasteiger partial charge in [-0.1, -0.05) is 26.8 Å². The fourth-order valence-corrected chi connectivity index (χ4v) is 2.10. The molecular weight excluding hydrogens is 222 g/mol. The highest BCUT2D eigenvalue weighted by molar-refractivity contribution is 5.70. The van der Waals surface area contributed by atoms with Crippen molar-refractivity contribution < 1.29 is 0 Å². The Balaban J connectivity index is 2.60. The second-order valence-corrected chi connectivity index (χ2v) is 5.89. The van der Waals surface area contributed by atoms with E-state index < -0.39 is 0 Å². The molecule has 2 N–H and O–H groups in total. The van der Waals surface area contributed by atoms with Crippen molar-refractivity contribution in [3.8, 4) is 11.1 Å². The molecule has 0 radical (unpaired) electrons. The van der Waals surface area contributed by atoms with E-state index in [1.807, 2.05) is 24.7 Å². The van der Waals surface area contributed by atoms with Crippen molar-refractivity contribution in [1.29, 1.82) is 0 Å². The second kappa shape index (κ2) is 4.16. The molecule has 0 aliphatic carbocycles. The molecule has 0 saturated heterocycles. The van der Waals surface area contributed by atoms with Crippen LogP contribution in [0.4, 0.5) is 5.69 Å². The van der Waals surface area contributed by atoms with E-state index in [1.165, 1.54) is 11.1 Å². The third kappa shape index (κ3) is 2.26. The number of benzene rings is 1. The monoisotopic (exact) mass is 243 g/mol. The summed E-state index contributed by atoms with van der Waals surface area (Å²) in [6, 6.07) is 6.15. The minimum absolute atomic E-state index is 0.0336. The molecule has 1 aromatic heterocycles. The Bertz CT molecular complexity index is 574. The average molecular weight is 243 g/mol. The van der Waals surface area contributed by atoms with Crippen molar-refractivity contribution in [2.24, 2.45) is 7.05 Å². The van der Waals surface area contributed by atoms with Crippen molar-refractivity contribution >= 4 is 5.69 Å². The standard InChI is InChI=1S/C15H21N3/c1-10-8-11(6-7-13(10)16)12-9-18(5)17-14(12)15(2,3)4/h6-9H,16H2,1-5H3. The molecule has 2 rings (SSSR count). The number of aryl methyl sites for hydroxylation is 2. The quantitative estimate of drug-likeness (QED) is 0.781. The van der Waals surface area contributed by atoms with Gasteiger partial charge in [-0.15, -0.1) is 0 Å². The van der Waals surface area contributed by atoms with E-state index in [0.717, 1.165) is 16.9 Å². The van der Waals surface area contributed by atoms with Crippen LogP contribution in [0.3, 0.4) is 0 Å². The topological polar surface area (TPSA) is 43.8 Å². The molecular formula is C15H21N3. The average Bonchev–Trinajstić information content (AvgIpc) is 2.64. The lowest BCUT2D eigenvalue weighted by Gasteiger charge is -2.17. The molecule has 2 aromatic rings. The largest absolute Gasteiger partial charge is 0.399 e. The van der Waals surface area contributed by atoms with Gasteiger partial charge in [-0.05, 0) is 30.2 Å². The predicted molar refractivity (Wildman–Crippen MR) is 76.5 cm³/mol. The molecule has 0 saturated carbocycles. The molecule has 18 heavy (non-hydrogen) atoms. The Hall–Kier alpha value is -1.77. The molecule has 0 aliphatic rings. The lowest BCUT2D eigenvalue weighted by molar-refractivity contribution is 0.554. The molecule has 1 heterocycles. The zero-order valence-electron chi connectivity index (χ0n) is 11.8. The second-order valence-electron chi connectivity index (χ2n) is 5.89. The number of nitrogen functional groups attached to an aromatic ring is 1. The smallest absolute Gasteiger partial charge is 0.0756 e. The van der Waals surface area contributed by atoms with E-state index >= 15 is 0 Å². The van der Waals surface area contributed by atoms with Gasteiger partial charge < -0.3 is 5.73 Å². The number of anilines is 1. The molecule has 1 aromatic carbocycles. The summed E-state index contributed by atoms with van der Waals surface area (Å²) in [5.74, 6) is 0. The number of hydrogen-bond donors (Lipinski definition) is 1. The highest BCUT2D eigenvalue weighted by Gasteiger charge is 2.22. The van der Waals surface area contributed by atoms with Crippen molar-refractivity contribution in [3.63, 3.8) is 0 Å². The Morgan fingerprint density at radius 2 is 1.89 bits per heavy atom. The van der Waals surface area contributed by atoms with E-state index in [4.69, 9.17) is 5.73 Å². The summed E-state index contributed by atoms with van der Waals surface area (Å²) in [6.45, 7) is 8.58. The van der Waals surface area contributed by atoms with Crippen LogP contribution in [0.15, 0.2) is 24.4 Å². The minimum atomic E-state index is 0.0336. The predicted octanol–water partition coefficient (Wildman–Crippen LogP) is 3.28. The van der Waals surface area contributed by atoms with Crippen LogP contribution in [0.2, 0.25) is 0 Å². The molecule has 0 atom stereocenters. The number of nitrogens with two attached hydrogens (primary N) is 1. The van der Waals surface area contributed by atoms with E-state index in [9.17, 15) is 0 Å². The van der Waals surface area contributed by atoms with Gasteiger partial charge in [-0.3, -0.25) is 4.68 Å². The number of nitrogens with zero attached hydrogens (tertiary/aromatic N) is 2. The van der Waals surface area contributed by atoms with Gasteiger partial charge in [0.1, 0.15) is 0 Å². The van der Waals surface area contributed by atoms with Crippen LogP contribution in [0, 0.1) is 6.92 Å². The number of rotatable bonds is 1. The first-order valence-corrected chi connectivity index (χ1v) is 6.19. The van der Waals surface area contributed by atoms with Crippen LogP contribution >= 0.6 is 0 Å². The van der Waals surface area contributed by atoms with Crippen LogP contribution in [-0.4, -0.2) is 9.78 Å². The summed E-state index contributed by atoms with van der Waals surface area (Å²) < 4.78 is 1.88. The van der Waals surface area contributed by atoms with Crippen LogP contribution in [0.1, 0.15) is 32.0 Å². The lowest BCUT2D eigenvalue weighted by Crippen LogP contribution is -2.13. The Kier molecular flexibility index (Phi) is 2.93. The van der Waals surface area contributed by atoms with E-state index in [0.29, 0.717) is 0 Å². The zero-order valence-corrected chi connectivity index (χ0v) is 11.8. The van der Waals surface area contributed by atoms with Crippen LogP contribution in [0.5, 0.6) is 0 Å². The summed E-state index contributed by atoms with van der Waals surface area (Å²) in [5, 5.41) is 4.60. The third-order valence-corrected chi connectivity index (χ3v) is 3.12. The van der Waals surface area contributed by atoms with E-state index in [-0.39, 0.29) is 5.41 Å². The Morgan fingerprint density at radius 1 is 1.22 bits per heavy atom. The molecule has 0 amide bonds. The molecule has 0 bridgehead atoms. The molecule has 3 nitrogen and oxygen atoms in total. The molecule has 3 heteroatoms. The van der Waals surface area contributed by atoms with E-state index in [1.54, 1.807) is 0 Å². The lowest BCUT2D eigenvalue weighted by atomic mass is 9.87. The molecule has 0 aliphatic heterocycles. The van der Waals surface area contributed by atoms with Crippen molar-refractivity contribution in [1.82, 2.24) is 9.78 Å². The van der Waals surface area contributed by atoms with Gasteiger partial charge in [0.15, 0.2) is 0 Å². The normalized spacial score (nSPS) is 11.8. The molecule has 0 fully saturated rings.